The molecule has 122 valence electrons. The SMILES string of the molecule is CCC[C@@H]1CN(C(=O)c2cc(C(F)(F)F)ccc2Cl)C[C@H]1N. The lowest BCUT2D eigenvalue weighted by Crippen LogP contribution is -2.32. The van der Waals surface area contributed by atoms with Crippen molar-refractivity contribution in [2.45, 2.75) is 32.0 Å². The summed E-state index contributed by atoms with van der Waals surface area (Å²) in [7, 11) is 0. The van der Waals surface area contributed by atoms with E-state index in [1.807, 2.05) is 6.92 Å². The van der Waals surface area contributed by atoms with Crippen LogP contribution < -0.4 is 5.73 Å². The van der Waals surface area contributed by atoms with Gasteiger partial charge < -0.3 is 10.6 Å². The number of hydrogen-bond donors (Lipinski definition) is 1. The number of carbonyl (C=O) groups is 1. The summed E-state index contributed by atoms with van der Waals surface area (Å²) in [6.07, 6.45) is -2.67. The number of rotatable bonds is 3. The Hall–Kier alpha value is -1.27. The molecule has 1 heterocycles. The van der Waals surface area contributed by atoms with E-state index in [4.69, 9.17) is 17.3 Å². The van der Waals surface area contributed by atoms with E-state index >= 15 is 0 Å². The maximum absolute atomic E-state index is 12.8. The molecule has 1 saturated heterocycles. The quantitative estimate of drug-likeness (QED) is 0.918. The maximum atomic E-state index is 12.8. The van der Waals surface area contributed by atoms with Gasteiger partial charge in [-0.15, -0.1) is 0 Å². The van der Waals surface area contributed by atoms with Gasteiger partial charge in [0.05, 0.1) is 16.1 Å². The summed E-state index contributed by atoms with van der Waals surface area (Å²) in [6.45, 7) is 2.83. The summed E-state index contributed by atoms with van der Waals surface area (Å²) in [5, 5.41) is 0.0190. The number of likely N-dealkylation sites (tertiary alicyclic amines) is 1. The van der Waals surface area contributed by atoms with Gasteiger partial charge in [-0.25, -0.2) is 0 Å². The van der Waals surface area contributed by atoms with Gasteiger partial charge in [0, 0.05) is 19.1 Å². The van der Waals surface area contributed by atoms with Crippen molar-refractivity contribution >= 4 is 17.5 Å². The molecule has 1 amide bonds. The van der Waals surface area contributed by atoms with Crippen molar-refractivity contribution in [3.05, 3.63) is 34.3 Å². The highest BCUT2D eigenvalue weighted by molar-refractivity contribution is 6.33. The molecule has 0 saturated carbocycles. The molecular weight excluding hydrogens is 317 g/mol. The highest BCUT2D eigenvalue weighted by Gasteiger charge is 2.35. The third kappa shape index (κ3) is 3.55. The molecule has 3 nitrogen and oxygen atoms in total. The Kier molecular flexibility index (Phi) is 5.02. The summed E-state index contributed by atoms with van der Waals surface area (Å²) in [4.78, 5) is 14.0. The Morgan fingerprint density at radius 3 is 2.68 bits per heavy atom. The molecule has 0 radical (unpaired) electrons. The van der Waals surface area contributed by atoms with Gasteiger partial charge in [-0.3, -0.25) is 4.79 Å². The second-order valence-electron chi connectivity index (χ2n) is 5.62. The molecule has 1 fully saturated rings. The van der Waals surface area contributed by atoms with Crippen LogP contribution in [0.15, 0.2) is 18.2 Å². The summed E-state index contributed by atoms with van der Waals surface area (Å²) in [5.74, 6) is -0.316. The molecule has 1 aromatic carbocycles. The number of amides is 1. The first-order valence-electron chi connectivity index (χ1n) is 7.15. The number of nitrogens with two attached hydrogens (primary N) is 1. The highest BCUT2D eigenvalue weighted by atomic mass is 35.5. The number of alkyl halides is 3. The molecular formula is C15H18ClF3N2O. The van der Waals surface area contributed by atoms with E-state index in [1.165, 1.54) is 4.90 Å². The van der Waals surface area contributed by atoms with Crippen molar-refractivity contribution in [2.75, 3.05) is 13.1 Å². The Labute approximate surface area is 132 Å². The topological polar surface area (TPSA) is 46.3 Å². The van der Waals surface area contributed by atoms with Gasteiger partial charge in [-0.2, -0.15) is 13.2 Å². The van der Waals surface area contributed by atoms with Crippen LogP contribution in [0.2, 0.25) is 5.02 Å². The number of carbonyl (C=O) groups excluding carboxylic acids is 1. The molecule has 0 unspecified atom stereocenters. The van der Waals surface area contributed by atoms with E-state index in [2.05, 4.69) is 0 Å². The van der Waals surface area contributed by atoms with E-state index in [9.17, 15) is 18.0 Å². The van der Waals surface area contributed by atoms with E-state index in [0.29, 0.717) is 13.1 Å². The number of hydrogen-bond acceptors (Lipinski definition) is 2. The normalized spacial score (nSPS) is 22.2. The van der Waals surface area contributed by atoms with Gasteiger partial charge in [0.15, 0.2) is 0 Å². The Morgan fingerprint density at radius 1 is 1.41 bits per heavy atom. The molecule has 1 aromatic rings. The van der Waals surface area contributed by atoms with Crippen LogP contribution in [0, 0.1) is 5.92 Å². The van der Waals surface area contributed by atoms with Crippen LogP contribution in [0.3, 0.4) is 0 Å². The van der Waals surface area contributed by atoms with Crippen molar-refractivity contribution in [2.24, 2.45) is 11.7 Å². The minimum atomic E-state index is -4.51. The third-order valence-electron chi connectivity index (χ3n) is 3.96. The van der Waals surface area contributed by atoms with E-state index in [1.54, 1.807) is 0 Å². The zero-order valence-corrected chi connectivity index (χ0v) is 12.9. The van der Waals surface area contributed by atoms with Crippen LogP contribution in [0.4, 0.5) is 13.2 Å². The van der Waals surface area contributed by atoms with Crippen LogP contribution in [-0.2, 0) is 6.18 Å². The first-order valence-corrected chi connectivity index (χ1v) is 7.53. The third-order valence-corrected chi connectivity index (χ3v) is 4.29. The first-order chi connectivity index (χ1) is 10.2. The van der Waals surface area contributed by atoms with Crippen LogP contribution in [0.1, 0.15) is 35.7 Å². The second kappa shape index (κ2) is 6.46. The number of nitrogens with zero attached hydrogens (tertiary/aromatic N) is 1. The van der Waals surface area contributed by atoms with Crippen molar-refractivity contribution in [1.29, 1.82) is 0 Å². The summed E-state index contributed by atoms with van der Waals surface area (Å²) >= 11 is 5.91. The van der Waals surface area contributed by atoms with Crippen molar-refractivity contribution in [3.8, 4) is 0 Å². The molecule has 1 aliphatic heterocycles. The van der Waals surface area contributed by atoms with E-state index < -0.39 is 17.6 Å². The minimum absolute atomic E-state index is 0.0190. The standard InChI is InChI=1S/C15H18ClF3N2O/c1-2-3-9-7-21(8-13(9)20)14(22)11-6-10(15(17,18)19)4-5-12(11)16/h4-6,9,13H,2-3,7-8,20H2,1H3/t9-,13-/m1/s1. The van der Waals surface area contributed by atoms with Crippen molar-refractivity contribution in [1.82, 2.24) is 4.90 Å². The lowest BCUT2D eigenvalue weighted by Gasteiger charge is -2.18. The minimum Gasteiger partial charge on any atom is -0.337 e. The van der Waals surface area contributed by atoms with Gasteiger partial charge in [-0.05, 0) is 30.5 Å². The lowest BCUT2D eigenvalue weighted by atomic mass is 9.99. The fraction of sp³-hybridized carbons (Fsp3) is 0.533. The van der Waals surface area contributed by atoms with Crippen LogP contribution in [0.5, 0.6) is 0 Å². The van der Waals surface area contributed by atoms with E-state index in [0.717, 1.165) is 31.0 Å². The van der Waals surface area contributed by atoms with Gasteiger partial charge in [0.2, 0.25) is 0 Å². The summed E-state index contributed by atoms with van der Waals surface area (Å²) in [6, 6.07) is 2.64. The van der Waals surface area contributed by atoms with Gasteiger partial charge in [0.1, 0.15) is 0 Å². The second-order valence-corrected chi connectivity index (χ2v) is 6.02. The molecule has 2 rings (SSSR count). The molecule has 0 aromatic heterocycles. The van der Waals surface area contributed by atoms with E-state index in [-0.39, 0.29) is 22.5 Å². The fourth-order valence-electron chi connectivity index (χ4n) is 2.77. The number of benzene rings is 1. The molecule has 7 heteroatoms. The Balaban J connectivity index is 2.23. The van der Waals surface area contributed by atoms with Gasteiger partial charge in [0.25, 0.3) is 5.91 Å². The first kappa shape index (κ1) is 17.1. The maximum Gasteiger partial charge on any atom is 0.416 e. The van der Waals surface area contributed by atoms with Crippen LogP contribution in [0.25, 0.3) is 0 Å². The largest absolute Gasteiger partial charge is 0.416 e. The van der Waals surface area contributed by atoms with Crippen LogP contribution in [-0.4, -0.2) is 29.9 Å². The molecule has 0 aliphatic carbocycles. The Morgan fingerprint density at radius 2 is 2.09 bits per heavy atom. The van der Waals surface area contributed by atoms with Gasteiger partial charge in [-0.1, -0.05) is 24.9 Å². The predicted molar refractivity (Wildman–Crippen MR) is 78.7 cm³/mol. The molecule has 22 heavy (non-hydrogen) atoms. The monoisotopic (exact) mass is 334 g/mol. The smallest absolute Gasteiger partial charge is 0.337 e. The average Bonchev–Trinajstić information content (AvgIpc) is 2.79. The zero-order valence-electron chi connectivity index (χ0n) is 12.2. The summed E-state index contributed by atoms with van der Waals surface area (Å²) in [5.41, 5.74) is 5.00. The van der Waals surface area contributed by atoms with Crippen LogP contribution >= 0.6 is 11.6 Å². The fourth-order valence-corrected chi connectivity index (χ4v) is 2.97. The highest BCUT2D eigenvalue weighted by Crippen LogP contribution is 2.33. The van der Waals surface area contributed by atoms with Crippen molar-refractivity contribution < 1.29 is 18.0 Å². The average molecular weight is 335 g/mol. The Bertz CT molecular complexity index is 562. The summed E-state index contributed by atoms with van der Waals surface area (Å²) < 4.78 is 38.3. The molecule has 2 atom stereocenters. The van der Waals surface area contributed by atoms with Gasteiger partial charge >= 0.3 is 6.18 Å². The predicted octanol–water partition coefficient (Wildman–Crippen LogP) is 3.56. The lowest BCUT2D eigenvalue weighted by molar-refractivity contribution is -0.137. The molecule has 0 spiro atoms. The number of halogens is 4. The molecule has 0 bridgehead atoms. The molecule has 1 aliphatic rings. The molecule has 2 N–H and O–H groups in total. The van der Waals surface area contributed by atoms with Crippen molar-refractivity contribution in [3.63, 3.8) is 0 Å². The zero-order chi connectivity index (χ0) is 16.5.